The first-order chi connectivity index (χ1) is 7.18. The maximum absolute atomic E-state index is 11.5. The molecule has 78 valence electrons. The molecule has 1 heterocycles. The average Bonchev–Trinajstić information content (AvgIpc) is 2.47. The minimum atomic E-state index is -1.53. The Morgan fingerprint density at radius 2 is 2.00 bits per heavy atom. The maximum Gasteiger partial charge on any atom is 0.298 e. The highest BCUT2D eigenvalue weighted by molar-refractivity contribution is 7.24. The molecule has 0 fully saturated rings. The summed E-state index contributed by atoms with van der Waals surface area (Å²) in [6, 6.07) is 10.6. The van der Waals surface area contributed by atoms with Crippen molar-refractivity contribution in [1.29, 1.82) is 0 Å². The van der Waals surface area contributed by atoms with Crippen LogP contribution in [0.5, 0.6) is 0 Å². The molecule has 1 aromatic heterocycles. The van der Waals surface area contributed by atoms with Crippen LogP contribution >= 0.6 is 22.5 Å². The molecule has 0 N–H and O–H groups in total. The van der Waals surface area contributed by atoms with Crippen LogP contribution in [0.4, 0.5) is 0 Å². The van der Waals surface area contributed by atoms with E-state index in [9.17, 15) is 9.35 Å². The normalized spacial score (nSPS) is 11.7. The first-order valence-corrected chi connectivity index (χ1v) is 5.81. The maximum atomic E-state index is 11.5. The molecule has 0 bridgehead atoms. The zero-order chi connectivity index (χ0) is 10.8. The number of benzene rings is 1. The fourth-order valence-electron chi connectivity index (χ4n) is 1.29. The summed E-state index contributed by atoms with van der Waals surface area (Å²) in [5, 5.41) is 0. The van der Waals surface area contributed by atoms with Crippen molar-refractivity contribution < 1.29 is 4.55 Å². The molecule has 1 unspecified atom stereocenters. The topological polar surface area (TPSA) is 45.1 Å². The van der Waals surface area contributed by atoms with Gasteiger partial charge in [0.15, 0.2) is 0 Å². The molecule has 0 saturated heterocycles. The standard InChI is InChI=1S/C10H8ClNO2S/c11-9-6-10(13)12(15(9)14)7-8-4-2-1-3-5-8/h1-6H,7H2. The van der Waals surface area contributed by atoms with E-state index >= 15 is 0 Å². The van der Waals surface area contributed by atoms with Crippen molar-refractivity contribution in [3.05, 3.63) is 56.7 Å². The Bertz CT molecular complexity index is 518. The van der Waals surface area contributed by atoms with Gasteiger partial charge >= 0.3 is 0 Å². The number of aromatic nitrogens is 1. The smallest absolute Gasteiger partial charge is 0.298 e. The molecule has 3 nitrogen and oxygen atoms in total. The quantitative estimate of drug-likeness (QED) is 0.758. The summed E-state index contributed by atoms with van der Waals surface area (Å²) >= 11 is 5.62. The van der Waals surface area contributed by atoms with Crippen LogP contribution in [0.3, 0.4) is 0 Å². The van der Waals surface area contributed by atoms with Crippen LogP contribution in [0.15, 0.2) is 41.2 Å². The summed E-state index contributed by atoms with van der Waals surface area (Å²) in [5.41, 5.74) is 0.626. The summed E-state index contributed by atoms with van der Waals surface area (Å²) in [7, 11) is -1.53. The van der Waals surface area contributed by atoms with E-state index in [1.807, 2.05) is 30.3 Å². The summed E-state index contributed by atoms with van der Waals surface area (Å²) in [6.07, 6.45) is 0. The van der Waals surface area contributed by atoms with E-state index in [4.69, 9.17) is 11.6 Å². The van der Waals surface area contributed by atoms with Crippen LogP contribution < -0.4 is 5.56 Å². The molecule has 0 aliphatic heterocycles. The van der Waals surface area contributed by atoms with E-state index in [2.05, 4.69) is 0 Å². The van der Waals surface area contributed by atoms with Gasteiger partial charge in [-0.15, -0.1) is 3.96 Å². The van der Waals surface area contributed by atoms with E-state index in [0.717, 1.165) is 5.56 Å². The first-order valence-electron chi connectivity index (χ1n) is 4.33. The number of rotatable bonds is 2. The predicted octanol–water partition coefficient (Wildman–Crippen LogP) is 2.28. The molecule has 0 saturated carbocycles. The monoisotopic (exact) mass is 241 g/mol. The molecule has 0 spiro atoms. The highest BCUT2D eigenvalue weighted by Crippen LogP contribution is 2.23. The number of hydrogen-bond donors (Lipinski definition) is 0. The third kappa shape index (κ3) is 2.12. The van der Waals surface area contributed by atoms with Crippen LogP contribution in [0.25, 0.3) is 0 Å². The van der Waals surface area contributed by atoms with Gasteiger partial charge in [-0.3, -0.25) is 4.79 Å². The van der Waals surface area contributed by atoms with Gasteiger partial charge in [-0.1, -0.05) is 30.3 Å². The molecular weight excluding hydrogens is 234 g/mol. The van der Waals surface area contributed by atoms with Crippen LogP contribution in [0.1, 0.15) is 5.56 Å². The Morgan fingerprint density at radius 1 is 1.33 bits per heavy atom. The second kappa shape index (κ2) is 4.18. The lowest BCUT2D eigenvalue weighted by molar-refractivity contribution is 0.573. The van der Waals surface area contributed by atoms with Crippen molar-refractivity contribution in [3.8, 4) is 0 Å². The van der Waals surface area contributed by atoms with E-state index < -0.39 is 10.9 Å². The zero-order valence-electron chi connectivity index (χ0n) is 7.72. The lowest BCUT2D eigenvalue weighted by atomic mass is 10.2. The Labute approximate surface area is 94.5 Å². The summed E-state index contributed by atoms with van der Waals surface area (Å²) in [4.78, 5) is 11.4. The summed E-state index contributed by atoms with van der Waals surface area (Å²) in [5.74, 6) is 0. The van der Waals surface area contributed by atoms with Gasteiger partial charge < -0.3 is 4.55 Å². The van der Waals surface area contributed by atoms with Gasteiger partial charge in [0.2, 0.25) is 0 Å². The average molecular weight is 242 g/mol. The highest BCUT2D eigenvalue weighted by atomic mass is 35.5. The van der Waals surface area contributed by atoms with Crippen LogP contribution in [-0.4, -0.2) is 8.51 Å². The van der Waals surface area contributed by atoms with Gasteiger partial charge in [-0.25, -0.2) is 0 Å². The van der Waals surface area contributed by atoms with Crippen molar-refractivity contribution in [2.24, 2.45) is 0 Å². The molecule has 1 aromatic carbocycles. The van der Waals surface area contributed by atoms with Gasteiger partial charge in [0.05, 0.1) is 23.6 Å². The molecular formula is C10H8ClNO2S. The molecule has 0 aliphatic rings. The number of halogens is 1. The van der Waals surface area contributed by atoms with Crippen molar-refractivity contribution >= 4 is 22.5 Å². The molecule has 1 atom stereocenters. The minimum absolute atomic E-state index is 0.0935. The van der Waals surface area contributed by atoms with Crippen LogP contribution in [0.2, 0.25) is 4.34 Å². The van der Waals surface area contributed by atoms with Gasteiger partial charge in [-0.05, 0) is 17.2 Å². The summed E-state index contributed by atoms with van der Waals surface area (Å²) in [6.45, 7) is 0.318. The van der Waals surface area contributed by atoms with Crippen molar-refractivity contribution in [3.63, 3.8) is 0 Å². The molecule has 2 aromatic rings. The van der Waals surface area contributed by atoms with Gasteiger partial charge in [-0.2, -0.15) is 0 Å². The second-order valence-electron chi connectivity index (χ2n) is 3.06. The van der Waals surface area contributed by atoms with Crippen LogP contribution in [-0.2, 0) is 6.54 Å². The third-order valence-electron chi connectivity index (χ3n) is 2.02. The number of nitrogens with zero attached hydrogens (tertiary/aromatic N) is 1. The third-order valence-corrected chi connectivity index (χ3v) is 3.68. The van der Waals surface area contributed by atoms with Crippen molar-refractivity contribution in [2.75, 3.05) is 0 Å². The van der Waals surface area contributed by atoms with E-state index in [-0.39, 0.29) is 9.90 Å². The lowest BCUT2D eigenvalue weighted by Crippen LogP contribution is -2.14. The summed E-state index contributed by atoms with van der Waals surface area (Å²) < 4.78 is 12.9. The van der Waals surface area contributed by atoms with E-state index in [1.54, 1.807) is 0 Å². The van der Waals surface area contributed by atoms with Gasteiger partial charge in [0.1, 0.15) is 0 Å². The second-order valence-corrected chi connectivity index (χ2v) is 5.07. The van der Waals surface area contributed by atoms with E-state index in [1.165, 1.54) is 10.0 Å². The van der Waals surface area contributed by atoms with Crippen molar-refractivity contribution in [2.45, 2.75) is 6.54 Å². The fourth-order valence-corrected chi connectivity index (χ4v) is 2.53. The predicted molar refractivity (Wildman–Crippen MR) is 59.9 cm³/mol. The van der Waals surface area contributed by atoms with Crippen LogP contribution in [0, 0.1) is 0 Å². The largest absolute Gasteiger partial charge is 0.569 e. The lowest BCUT2D eigenvalue weighted by Gasteiger charge is -2.01. The molecule has 0 radical (unpaired) electrons. The molecule has 0 aliphatic carbocycles. The SMILES string of the molecule is O=c1cc(Cl)[s+]([O-])n1Cc1ccccc1. The zero-order valence-corrected chi connectivity index (χ0v) is 9.29. The Morgan fingerprint density at radius 3 is 2.53 bits per heavy atom. The molecule has 5 heteroatoms. The van der Waals surface area contributed by atoms with Crippen molar-refractivity contribution in [1.82, 2.24) is 3.96 Å². The van der Waals surface area contributed by atoms with E-state index in [0.29, 0.717) is 6.54 Å². The van der Waals surface area contributed by atoms with Gasteiger partial charge in [0, 0.05) is 0 Å². The molecule has 2 rings (SSSR count). The molecule has 0 amide bonds. The highest BCUT2D eigenvalue weighted by Gasteiger charge is 2.14. The number of hydrogen-bond acceptors (Lipinski definition) is 2. The Hall–Kier alpha value is -1.10. The molecule has 15 heavy (non-hydrogen) atoms. The van der Waals surface area contributed by atoms with Gasteiger partial charge in [0.25, 0.3) is 9.90 Å². The fraction of sp³-hybridized carbons (Fsp3) is 0.100. The minimum Gasteiger partial charge on any atom is -0.569 e. The Kier molecular flexibility index (Phi) is 2.90. The Balaban J connectivity index is 2.37. The first kappa shape index (κ1) is 10.4.